The van der Waals surface area contributed by atoms with Crippen molar-refractivity contribution in [3.05, 3.63) is 29.1 Å². The molecule has 1 aliphatic carbocycles. The average Bonchev–Trinajstić information content (AvgIpc) is 2.87. The first kappa shape index (κ1) is 12.1. The van der Waals surface area contributed by atoms with E-state index in [0.29, 0.717) is 6.42 Å². The largest absolute Gasteiger partial charge is 0.377 e. The van der Waals surface area contributed by atoms with E-state index in [9.17, 15) is 22.0 Å². The molecule has 1 aliphatic rings. The average molecular weight is 251 g/mol. The van der Waals surface area contributed by atoms with E-state index in [1.54, 1.807) is 0 Å². The maximum Gasteiger partial charge on any atom is 0.200 e. The fourth-order valence-electron chi connectivity index (χ4n) is 1.62. The monoisotopic (exact) mass is 251 g/mol. The topological polar surface area (TPSA) is 12.0 Å². The third kappa shape index (κ3) is 1.85. The van der Waals surface area contributed by atoms with Gasteiger partial charge in [-0.3, -0.25) is 0 Å². The number of nitrogens with one attached hydrogen (secondary N) is 1. The molecule has 6 heteroatoms. The quantitative estimate of drug-likeness (QED) is 0.481. The Kier molecular flexibility index (Phi) is 2.56. The molecule has 0 radical (unpaired) electrons. The highest BCUT2D eigenvalue weighted by atomic mass is 19.2. The van der Waals surface area contributed by atoms with Crippen molar-refractivity contribution in [3.63, 3.8) is 0 Å². The van der Waals surface area contributed by atoms with Crippen molar-refractivity contribution in [2.75, 3.05) is 5.32 Å². The molecule has 17 heavy (non-hydrogen) atoms. The van der Waals surface area contributed by atoms with Crippen LogP contribution in [0.5, 0.6) is 0 Å². The fraction of sp³-hybridized carbons (Fsp3) is 0.455. The van der Waals surface area contributed by atoms with Crippen molar-refractivity contribution < 1.29 is 22.0 Å². The molecule has 1 nitrogen and oxygen atoms in total. The van der Waals surface area contributed by atoms with Gasteiger partial charge in [0.1, 0.15) is 5.69 Å². The fourth-order valence-corrected chi connectivity index (χ4v) is 1.62. The molecule has 1 atom stereocenters. The molecule has 1 fully saturated rings. The first-order valence-electron chi connectivity index (χ1n) is 5.03. The van der Waals surface area contributed by atoms with Gasteiger partial charge in [-0.15, -0.1) is 0 Å². The lowest BCUT2D eigenvalue weighted by atomic mass is 10.2. The highest BCUT2D eigenvalue weighted by Gasteiger charge is 2.46. The number of rotatable bonds is 2. The zero-order valence-electron chi connectivity index (χ0n) is 9.17. The van der Waals surface area contributed by atoms with Crippen molar-refractivity contribution >= 4 is 5.69 Å². The second-order valence-corrected chi connectivity index (χ2v) is 4.83. The van der Waals surface area contributed by atoms with Crippen molar-refractivity contribution in [1.29, 1.82) is 0 Å². The Hall–Kier alpha value is -1.33. The predicted molar refractivity (Wildman–Crippen MR) is 52.0 cm³/mol. The second-order valence-electron chi connectivity index (χ2n) is 4.83. The molecule has 0 bridgehead atoms. The normalized spacial score (nSPS) is 21.5. The Morgan fingerprint density at radius 2 is 1.24 bits per heavy atom. The van der Waals surface area contributed by atoms with Gasteiger partial charge in [0, 0.05) is 6.04 Å². The van der Waals surface area contributed by atoms with Crippen LogP contribution < -0.4 is 5.32 Å². The van der Waals surface area contributed by atoms with Crippen LogP contribution in [0.15, 0.2) is 0 Å². The summed E-state index contributed by atoms with van der Waals surface area (Å²) in [5, 5.41) is 2.35. The van der Waals surface area contributed by atoms with Crippen LogP contribution in [0.3, 0.4) is 0 Å². The molecule has 94 valence electrons. The van der Waals surface area contributed by atoms with Gasteiger partial charge < -0.3 is 5.32 Å². The number of halogens is 5. The maximum absolute atomic E-state index is 13.3. The lowest BCUT2D eigenvalue weighted by molar-refractivity contribution is 0.381. The van der Waals surface area contributed by atoms with Crippen LogP contribution in [0.4, 0.5) is 27.6 Å². The molecule has 1 unspecified atom stereocenters. The summed E-state index contributed by atoms with van der Waals surface area (Å²) in [6.45, 7) is 3.66. The predicted octanol–water partition coefficient (Wildman–Crippen LogP) is 3.59. The van der Waals surface area contributed by atoms with Crippen LogP contribution in [-0.4, -0.2) is 6.04 Å². The second kappa shape index (κ2) is 3.58. The summed E-state index contributed by atoms with van der Waals surface area (Å²) in [4.78, 5) is 0. The van der Waals surface area contributed by atoms with Crippen molar-refractivity contribution in [3.8, 4) is 0 Å². The van der Waals surface area contributed by atoms with Gasteiger partial charge in [0.15, 0.2) is 23.3 Å². The molecule has 0 amide bonds. The molecule has 1 saturated carbocycles. The Bertz CT molecular complexity index is 454. The first-order valence-corrected chi connectivity index (χ1v) is 5.03. The summed E-state index contributed by atoms with van der Waals surface area (Å²) in [5.41, 5.74) is -1.14. The van der Waals surface area contributed by atoms with Crippen LogP contribution >= 0.6 is 0 Å². The van der Waals surface area contributed by atoms with Gasteiger partial charge in [-0.05, 0) is 11.8 Å². The third-order valence-corrected chi connectivity index (χ3v) is 3.04. The molecule has 0 aromatic heterocycles. The molecular formula is C11H10F5N. The van der Waals surface area contributed by atoms with Gasteiger partial charge in [-0.1, -0.05) is 13.8 Å². The van der Waals surface area contributed by atoms with Crippen LogP contribution in [0.1, 0.15) is 20.3 Å². The Morgan fingerprint density at radius 1 is 0.882 bits per heavy atom. The van der Waals surface area contributed by atoms with Gasteiger partial charge in [-0.25, -0.2) is 22.0 Å². The van der Waals surface area contributed by atoms with Gasteiger partial charge in [0.2, 0.25) is 5.82 Å². The van der Waals surface area contributed by atoms with E-state index in [-0.39, 0.29) is 11.5 Å². The minimum atomic E-state index is -2.14. The number of benzene rings is 1. The summed E-state index contributed by atoms with van der Waals surface area (Å²) >= 11 is 0. The molecular weight excluding hydrogens is 241 g/mol. The van der Waals surface area contributed by atoms with Crippen molar-refractivity contribution in [2.45, 2.75) is 26.3 Å². The lowest BCUT2D eigenvalue weighted by Crippen LogP contribution is -2.14. The van der Waals surface area contributed by atoms with Gasteiger partial charge >= 0.3 is 0 Å². The standard InChI is InChI=1S/C11H10F5N/c1-11(2)3-4(11)17-10-8(15)6(13)5(12)7(14)9(10)16/h4,17H,3H2,1-2H3. The number of hydrogen-bond donors (Lipinski definition) is 1. The lowest BCUT2D eigenvalue weighted by Gasteiger charge is -2.11. The highest BCUT2D eigenvalue weighted by molar-refractivity contribution is 5.50. The first-order chi connectivity index (χ1) is 7.75. The van der Waals surface area contributed by atoms with Gasteiger partial charge in [-0.2, -0.15) is 0 Å². The zero-order chi connectivity index (χ0) is 13.0. The van der Waals surface area contributed by atoms with Gasteiger partial charge in [0.05, 0.1) is 0 Å². The zero-order valence-corrected chi connectivity index (χ0v) is 9.17. The van der Waals surface area contributed by atoms with E-state index >= 15 is 0 Å². The summed E-state index contributed by atoms with van der Waals surface area (Å²) in [6.07, 6.45) is 0.618. The van der Waals surface area contributed by atoms with E-state index < -0.39 is 34.8 Å². The molecule has 1 aromatic rings. The molecule has 0 aliphatic heterocycles. The summed E-state index contributed by atoms with van der Waals surface area (Å²) in [5.74, 6) is -9.62. The molecule has 0 spiro atoms. The van der Waals surface area contributed by atoms with Crippen LogP contribution in [0.25, 0.3) is 0 Å². The Morgan fingerprint density at radius 3 is 1.59 bits per heavy atom. The minimum Gasteiger partial charge on any atom is -0.377 e. The van der Waals surface area contributed by atoms with Crippen LogP contribution in [-0.2, 0) is 0 Å². The van der Waals surface area contributed by atoms with Gasteiger partial charge in [0.25, 0.3) is 0 Å². The number of hydrogen-bond acceptors (Lipinski definition) is 1. The van der Waals surface area contributed by atoms with E-state index in [1.165, 1.54) is 0 Å². The van der Waals surface area contributed by atoms with E-state index in [0.717, 1.165) is 0 Å². The van der Waals surface area contributed by atoms with Crippen molar-refractivity contribution in [2.24, 2.45) is 5.41 Å². The highest BCUT2D eigenvalue weighted by Crippen LogP contribution is 2.47. The SMILES string of the molecule is CC1(C)CC1Nc1c(F)c(F)c(F)c(F)c1F. The summed E-state index contributed by atoms with van der Waals surface area (Å²) < 4.78 is 65.0. The van der Waals surface area contributed by atoms with Crippen molar-refractivity contribution in [1.82, 2.24) is 0 Å². The molecule has 1 aromatic carbocycles. The molecule has 0 saturated heterocycles. The molecule has 2 rings (SSSR count). The van der Waals surface area contributed by atoms with E-state index in [1.807, 2.05) is 13.8 Å². The Labute approximate surface area is 94.6 Å². The minimum absolute atomic E-state index is 0.194. The van der Waals surface area contributed by atoms with Crippen LogP contribution in [0.2, 0.25) is 0 Å². The number of anilines is 1. The van der Waals surface area contributed by atoms with E-state index in [2.05, 4.69) is 5.32 Å². The van der Waals surface area contributed by atoms with E-state index in [4.69, 9.17) is 0 Å². The third-order valence-electron chi connectivity index (χ3n) is 3.04. The molecule has 1 N–H and O–H groups in total. The molecule has 0 heterocycles. The smallest absolute Gasteiger partial charge is 0.200 e. The summed E-state index contributed by atoms with van der Waals surface area (Å²) in [7, 11) is 0. The Balaban J connectivity index is 2.41. The maximum atomic E-state index is 13.3. The summed E-state index contributed by atoms with van der Waals surface area (Å²) in [6, 6.07) is -0.282. The van der Waals surface area contributed by atoms with Crippen LogP contribution in [0, 0.1) is 34.5 Å².